The lowest BCUT2D eigenvalue weighted by atomic mass is 9.85. The maximum absolute atomic E-state index is 2.50. The first-order valence-corrected chi connectivity index (χ1v) is 19.2. The Morgan fingerprint density at radius 1 is 0.382 bits per heavy atom. The van der Waals surface area contributed by atoms with Gasteiger partial charge in [-0.15, -0.1) is 0 Å². The zero-order chi connectivity index (χ0) is 35.8. The van der Waals surface area contributed by atoms with Gasteiger partial charge in [0, 0.05) is 11.8 Å². The van der Waals surface area contributed by atoms with E-state index in [1.54, 1.807) is 0 Å². The van der Waals surface area contributed by atoms with E-state index in [0.717, 1.165) is 6.42 Å². The van der Waals surface area contributed by atoms with Gasteiger partial charge >= 0.3 is 0 Å². The summed E-state index contributed by atoms with van der Waals surface area (Å²) in [5.74, 6) is 0.553. The van der Waals surface area contributed by atoms with Gasteiger partial charge in [-0.1, -0.05) is 177 Å². The third-order valence-electron chi connectivity index (χ3n) is 12.3. The van der Waals surface area contributed by atoms with Crippen LogP contribution in [0.4, 0.5) is 0 Å². The van der Waals surface area contributed by atoms with Gasteiger partial charge in [-0.3, -0.25) is 0 Å². The molecule has 0 N–H and O–H groups in total. The van der Waals surface area contributed by atoms with Crippen LogP contribution in [0.15, 0.2) is 176 Å². The maximum Gasteiger partial charge on any atom is 0.0352 e. The largest absolute Gasteiger partial charge is 0.0776 e. The predicted molar refractivity (Wildman–Crippen MR) is 233 cm³/mol. The summed E-state index contributed by atoms with van der Waals surface area (Å²) < 4.78 is 0. The molecule has 0 aromatic heterocycles. The topological polar surface area (TPSA) is 0 Å². The minimum Gasteiger partial charge on any atom is -0.0776 e. The fraction of sp³-hybridized carbons (Fsp3) is 0.0909. The molecule has 0 fully saturated rings. The second-order valence-corrected chi connectivity index (χ2v) is 15.2. The average molecular weight is 703 g/mol. The Morgan fingerprint density at radius 2 is 0.909 bits per heavy atom. The van der Waals surface area contributed by atoms with Crippen LogP contribution in [0.3, 0.4) is 0 Å². The molecule has 0 amide bonds. The molecular formula is C55H42. The molecule has 8 aromatic carbocycles. The van der Waals surface area contributed by atoms with Crippen molar-refractivity contribution in [1.29, 1.82) is 0 Å². The minimum absolute atomic E-state index is 0. The Bertz CT molecular complexity index is 2810. The fourth-order valence-electron chi connectivity index (χ4n) is 9.72. The van der Waals surface area contributed by atoms with E-state index < -0.39 is 0 Å². The average Bonchev–Trinajstić information content (AvgIpc) is 3.72. The van der Waals surface area contributed by atoms with E-state index in [-0.39, 0.29) is 13.3 Å². The first kappa shape index (κ1) is 33.1. The Balaban J connectivity index is 0.00000372. The van der Waals surface area contributed by atoms with Crippen molar-refractivity contribution in [1.82, 2.24) is 0 Å². The lowest BCUT2D eigenvalue weighted by Crippen LogP contribution is -2.03. The van der Waals surface area contributed by atoms with Gasteiger partial charge in [-0.05, 0) is 137 Å². The third-order valence-corrected chi connectivity index (χ3v) is 12.3. The summed E-state index contributed by atoms with van der Waals surface area (Å²) >= 11 is 0. The maximum atomic E-state index is 2.50. The van der Waals surface area contributed by atoms with E-state index in [1.807, 2.05) is 0 Å². The monoisotopic (exact) mass is 702 g/mol. The molecule has 3 aliphatic rings. The van der Waals surface area contributed by atoms with E-state index in [2.05, 4.69) is 195 Å². The van der Waals surface area contributed by atoms with Crippen molar-refractivity contribution in [2.24, 2.45) is 0 Å². The minimum atomic E-state index is 0. The van der Waals surface area contributed by atoms with Gasteiger partial charge in [0.2, 0.25) is 0 Å². The molecule has 3 aliphatic carbocycles. The number of fused-ring (bicyclic) bond motifs is 12. The molecule has 0 spiro atoms. The highest BCUT2D eigenvalue weighted by atomic mass is 14.4. The summed E-state index contributed by atoms with van der Waals surface area (Å²) in [4.78, 5) is 0. The van der Waals surface area contributed by atoms with Crippen molar-refractivity contribution >= 4 is 12.2 Å². The molecule has 2 bridgehead atoms. The molecule has 2 atom stereocenters. The molecule has 0 saturated heterocycles. The van der Waals surface area contributed by atoms with Crippen LogP contribution in [-0.4, -0.2) is 0 Å². The molecule has 0 radical (unpaired) electrons. The normalized spacial score (nSPS) is 15.8. The smallest absolute Gasteiger partial charge is 0.0352 e. The predicted octanol–water partition coefficient (Wildman–Crippen LogP) is 14.6. The number of benzene rings is 8. The van der Waals surface area contributed by atoms with Crippen LogP contribution in [-0.2, 0) is 6.42 Å². The van der Waals surface area contributed by atoms with Gasteiger partial charge in [0.05, 0.1) is 0 Å². The van der Waals surface area contributed by atoms with Gasteiger partial charge in [0.25, 0.3) is 0 Å². The van der Waals surface area contributed by atoms with Crippen LogP contribution in [0.25, 0.3) is 67.8 Å². The summed E-state index contributed by atoms with van der Waals surface area (Å²) in [5.41, 5.74) is 25.3. The number of rotatable bonds is 4. The summed E-state index contributed by atoms with van der Waals surface area (Å²) in [5, 5.41) is 0. The third kappa shape index (κ3) is 5.28. The lowest BCUT2D eigenvalue weighted by molar-refractivity contribution is 0.826. The van der Waals surface area contributed by atoms with E-state index in [1.165, 1.54) is 106 Å². The fourth-order valence-corrected chi connectivity index (χ4v) is 9.72. The molecule has 55 heavy (non-hydrogen) atoms. The van der Waals surface area contributed by atoms with Gasteiger partial charge < -0.3 is 0 Å². The van der Waals surface area contributed by atoms with Gasteiger partial charge in [0.1, 0.15) is 0 Å². The van der Waals surface area contributed by atoms with Crippen molar-refractivity contribution < 1.29 is 0 Å². The molecule has 0 heteroatoms. The summed E-state index contributed by atoms with van der Waals surface area (Å²) in [6.45, 7) is 2.27. The Morgan fingerprint density at radius 3 is 1.71 bits per heavy atom. The van der Waals surface area contributed by atoms with Gasteiger partial charge in [-0.2, -0.15) is 0 Å². The van der Waals surface area contributed by atoms with Crippen LogP contribution in [0.5, 0.6) is 0 Å². The second kappa shape index (κ2) is 13.1. The lowest BCUT2D eigenvalue weighted by Gasteiger charge is -2.18. The molecule has 0 saturated carbocycles. The van der Waals surface area contributed by atoms with E-state index >= 15 is 0 Å². The highest BCUT2D eigenvalue weighted by Gasteiger charge is 2.33. The summed E-state index contributed by atoms with van der Waals surface area (Å²) in [6, 6.07) is 66.1. The molecule has 0 aliphatic heterocycles. The first-order chi connectivity index (χ1) is 26.7. The van der Waals surface area contributed by atoms with Crippen LogP contribution in [0.2, 0.25) is 0 Å². The molecule has 0 heterocycles. The standard InChI is InChI=1S/C54H38.CH4/c1-34-41-20-11-21-42(34)50-31-38(25-24-37(50)23-22-36-14-5-6-15-43(36)41)39-26-29-49-53(32-39)46-18-9-10-19-48(46)54(49)40-27-28-47-51(30-35-12-3-2-4-13-35)44-16-7-8-17-45(44)52(47)33-40;/h2-29,31-33,51,54H,30H2,1H3;1H4/b23-22-;. The van der Waals surface area contributed by atoms with Crippen LogP contribution < -0.4 is 0 Å². The Hall–Kier alpha value is -6.50. The van der Waals surface area contributed by atoms with Crippen LogP contribution in [0, 0.1) is 6.92 Å². The first-order valence-electron chi connectivity index (χ1n) is 19.2. The van der Waals surface area contributed by atoms with E-state index in [0.29, 0.717) is 5.92 Å². The van der Waals surface area contributed by atoms with Crippen molar-refractivity contribution in [3.63, 3.8) is 0 Å². The van der Waals surface area contributed by atoms with E-state index in [4.69, 9.17) is 0 Å². The molecule has 8 aromatic rings. The highest BCUT2D eigenvalue weighted by Crippen LogP contribution is 2.52. The molecule has 11 rings (SSSR count). The van der Waals surface area contributed by atoms with Gasteiger partial charge in [-0.25, -0.2) is 0 Å². The van der Waals surface area contributed by atoms with E-state index in [9.17, 15) is 0 Å². The van der Waals surface area contributed by atoms with Crippen LogP contribution in [0.1, 0.15) is 69.3 Å². The zero-order valence-electron chi connectivity index (χ0n) is 30.3. The van der Waals surface area contributed by atoms with Crippen molar-refractivity contribution in [2.45, 2.75) is 32.6 Å². The van der Waals surface area contributed by atoms with Crippen molar-refractivity contribution in [3.05, 3.63) is 226 Å². The molecular weight excluding hydrogens is 661 g/mol. The van der Waals surface area contributed by atoms with Crippen molar-refractivity contribution in [3.8, 4) is 55.6 Å². The number of hydrogen-bond donors (Lipinski definition) is 0. The molecule has 0 nitrogen and oxygen atoms in total. The zero-order valence-corrected chi connectivity index (χ0v) is 30.3. The Kier molecular flexibility index (Phi) is 7.89. The van der Waals surface area contributed by atoms with Crippen LogP contribution >= 0.6 is 0 Å². The molecule has 2 unspecified atom stereocenters. The second-order valence-electron chi connectivity index (χ2n) is 15.2. The quantitative estimate of drug-likeness (QED) is 0.171. The summed E-state index contributed by atoms with van der Waals surface area (Å²) in [6.07, 6.45) is 5.58. The number of hydrogen-bond acceptors (Lipinski definition) is 0. The van der Waals surface area contributed by atoms with Gasteiger partial charge in [0.15, 0.2) is 0 Å². The Labute approximate surface area is 325 Å². The summed E-state index contributed by atoms with van der Waals surface area (Å²) in [7, 11) is 0. The van der Waals surface area contributed by atoms with Crippen molar-refractivity contribution in [2.75, 3.05) is 0 Å². The highest BCUT2D eigenvalue weighted by molar-refractivity contribution is 5.93. The SMILES string of the molecule is C.Cc1c2cccc1-c1cc(-c3ccc4c(c3)-c3ccccc3C4c3ccc4c(c3)-c3ccccc3C4Cc3ccccc3)ccc1/C=C\c1ccccc1-2. The molecule has 262 valence electrons.